The van der Waals surface area contributed by atoms with E-state index in [-0.39, 0.29) is 17.4 Å². The van der Waals surface area contributed by atoms with Gasteiger partial charge in [0.25, 0.3) is 5.91 Å². The van der Waals surface area contributed by atoms with Crippen LogP contribution in [-0.4, -0.2) is 30.1 Å². The van der Waals surface area contributed by atoms with Gasteiger partial charge >= 0.3 is 0 Å². The molecule has 5 heteroatoms. The lowest BCUT2D eigenvalue weighted by Gasteiger charge is -2.23. The molecule has 0 radical (unpaired) electrons. The van der Waals surface area contributed by atoms with Crippen LogP contribution in [0.4, 0.5) is 4.39 Å². The number of carbonyl (C=O) groups is 1. The number of rotatable bonds is 2. The fraction of sp³-hybridized carbons (Fsp3) is 0.417. The fourth-order valence-corrected chi connectivity index (χ4v) is 1.93. The highest BCUT2D eigenvalue weighted by atomic mass is 19.1. The summed E-state index contributed by atoms with van der Waals surface area (Å²) in [6.45, 7) is 1.67. The van der Waals surface area contributed by atoms with Crippen molar-refractivity contribution >= 4 is 5.91 Å². The Bertz CT molecular complexity index is 417. The van der Waals surface area contributed by atoms with Crippen molar-refractivity contribution in [1.82, 2.24) is 10.6 Å². The van der Waals surface area contributed by atoms with Crippen molar-refractivity contribution in [2.24, 2.45) is 0 Å². The zero-order valence-corrected chi connectivity index (χ0v) is 9.37. The van der Waals surface area contributed by atoms with Gasteiger partial charge in [-0.3, -0.25) is 4.79 Å². The molecule has 92 valence electrons. The van der Waals surface area contributed by atoms with Gasteiger partial charge in [-0.15, -0.1) is 0 Å². The van der Waals surface area contributed by atoms with Crippen LogP contribution < -0.4 is 10.6 Å². The second kappa shape index (κ2) is 5.14. The van der Waals surface area contributed by atoms with E-state index in [1.165, 1.54) is 6.07 Å². The number of benzene rings is 1. The maximum Gasteiger partial charge on any atom is 0.255 e. The Morgan fingerprint density at radius 3 is 3.06 bits per heavy atom. The van der Waals surface area contributed by atoms with Crippen LogP contribution in [0.5, 0.6) is 5.75 Å². The largest absolute Gasteiger partial charge is 0.507 e. The number of carbonyl (C=O) groups excluding carboxylic acids is 1. The molecule has 1 aromatic carbocycles. The predicted octanol–water partition coefficient (Wildman–Crippen LogP) is 1.01. The van der Waals surface area contributed by atoms with Crippen LogP contribution in [0, 0.1) is 5.82 Å². The number of phenolic OH excluding ortho intramolecular Hbond substituents is 1. The number of halogens is 1. The maximum absolute atomic E-state index is 13.0. The third-order valence-electron chi connectivity index (χ3n) is 2.84. The highest BCUT2D eigenvalue weighted by Crippen LogP contribution is 2.18. The Labute approximate surface area is 98.8 Å². The van der Waals surface area contributed by atoms with Crippen molar-refractivity contribution in [3.05, 3.63) is 29.6 Å². The molecule has 2 rings (SSSR count). The van der Waals surface area contributed by atoms with E-state index in [0.29, 0.717) is 6.54 Å². The van der Waals surface area contributed by atoms with Gasteiger partial charge < -0.3 is 15.7 Å². The zero-order chi connectivity index (χ0) is 12.3. The van der Waals surface area contributed by atoms with Gasteiger partial charge in [0.1, 0.15) is 11.6 Å². The molecule has 0 unspecified atom stereocenters. The molecule has 0 bridgehead atoms. The van der Waals surface area contributed by atoms with Gasteiger partial charge in [0.15, 0.2) is 0 Å². The molecule has 0 aliphatic carbocycles. The van der Waals surface area contributed by atoms with Crippen molar-refractivity contribution in [3.63, 3.8) is 0 Å². The predicted molar refractivity (Wildman–Crippen MR) is 61.4 cm³/mol. The quantitative estimate of drug-likeness (QED) is 0.720. The Hall–Kier alpha value is -1.62. The van der Waals surface area contributed by atoms with Crippen LogP contribution in [0.3, 0.4) is 0 Å². The van der Waals surface area contributed by atoms with Crippen LogP contribution in [0.1, 0.15) is 23.2 Å². The molecule has 1 aliphatic rings. The molecule has 1 saturated heterocycles. The first-order valence-corrected chi connectivity index (χ1v) is 5.67. The SMILES string of the molecule is O=C(N[C@H]1CCCNC1)c1cc(F)ccc1O. The maximum atomic E-state index is 13.0. The second-order valence-electron chi connectivity index (χ2n) is 4.18. The summed E-state index contributed by atoms with van der Waals surface area (Å²) in [5.74, 6) is -1.17. The van der Waals surface area contributed by atoms with Crippen LogP contribution in [-0.2, 0) is 0 Å². The normalized spacial score (nSPS) is 19.9. The van der Waals surface area contributed by atoms with E-state index >= 15 is 0 Å². The third kappa shape index (κ3) is 2.94. The molecule has 4 nitrogen and oxygen atoms in total. The zero-order valence-electron chi connectivity index (χ0n) is 9.37. The number of piperidine rings is 1. The summed E-state index contributed by atoms with van der Waals surface area (Å²) in [6, 6.07) is 3.39. The van der Waals surface area contributed by atoms with Gasteiger partial charge in [0.05, 0.1) is 5.56 Å². The number of amides is 1. The minimum Gasteiger partial charge on any atom is -0.507 e. The van der Waals surface area contributed by atoms with Crippen LogP contribution >= 0.6 is 0 Å². The van der Waals surface area contributed by atoms with Gasteiger partial charge in [0.2, 0.25) is 0 Å². The Morgan fingerprint density at radius 1 is 1.53 bits per heavy atom. The highest BCUT2D eigenvalue weighted by molar-refractivity contribution is 5.97. The van der Waals surface area contributed by atoms with Crippen molar-refractivity contribution in [1.29, 1.82) is 0 Å². The molecule has 1 amide bonds. The molecule has 1 atom stereocenters. The van der Waals surface area contributed by atoms with Gasteiger partial charge in [-0.05, 0) is 37.6 Å². The Kier molecular flexibility index (Phi) is 3.58. The molecule has 0 aromatic heterocycles. The summed E-state index contributed by atoms with van der Waals surface area (Å²) in [6.07, 6.45) is 1.90. The lowest BCUT2D eigenvalue weighted by molar-refractivity contribution is 0.0927. The summed E-state index contributed by atoms with van der Waals surface area (Å²) < 4.78 is 13.0. The average Bonchev–Trinajstić information content (AvgIpc) is 2.33. The Balaban J connectivity index is 2.05. The first-order chi connectivity index (χ1) is 8.16. The number of nitrogens with one attached hydrogen (secondary N) is 2. The summed E-state index contributed by atoms with van der Waals surface area (Å²) in [5.41, 5.74) is -0.0180. The summed E-state index contributed by atoms with van der Waals surface area (Å²) in [4.78, 5) is 11.8. The second-order valence-corrected chi connectivity index (χ2v) is 4.18. The van der Waals surface area contributed by atoms with Gasteiger partial charge in [-0.25, -0.2) is 4.39 Å². The molecule has 1 aliphatic heterocycles. The highest BCUT2D eigenvalue weighted by Gasteiger charge is 2.18. The molecule has 1 heterocycles. The van der Waals surface area contributed by atoms with E-state index in [1.54, 1.807) is 0 Å². The molecule has 0 saturated carbocycles. The summed E-state index contributed by atoms with van der Waals surface area (Å²) in [7, 11) is 0. The van der Waals surface area contributed by atoms with Crippen molar-refractivity contribution in [2.75, 3.05) is 13.1 Å². The standard InChI is InChI=1S/C12H15FN2O2/c13-8-3-4-11(16)10(6-8)12(17)15-9-2-1-5-14-7-9/h3-4,6,9,14,16H,1-2,5,7H2,(H,15,17)/t9-/m0/s1. The van der Waals surface area contributed by atoms with E-state index in [4.69, 9.17) is 0 Å². The fourth-order valence-electron chi connectivity index (χ4n) is 1.93. The molecule has 1 aromatic rings. The number of phenols is 1. The number of hydrogen-bond donors (Lipinski definition) is 3. The van der Waals surface area contributed by atoms with Gasteiger partial charge in [-0.1, -0.05) is 0 Å². The minimum atomic E-state index is -0.533. The van der Waals surface area contributed by atoms with E-state index in [1.807, 2.05) is 0 Å². The van der Waals surface area contributed by atoms with E-state index in [0.717, 1.165) is 31.5 Å². The lowest BCUT2D eigenvalue weighted by Crippen LogP contribution is -2.45. The summed E-state index contributed by atoms with van der Waals surface area (Å²) >= 11 is 0. The van der Waals surface area contributed by atoms with Crippen LogP contribution in [0.15, 0.2) is 18.2 Å². The van der Waals surface area contributed by atoms with E-state index in [9.17, 15) is 14.3 Å². The molecule has 1 fully saturated rings. The first-order valence-electron chi connectivity index (χ1n) is 5.67. The third-order valence-corrected chi connectivity index (χ3v) is 2.84. The van der Waals surface area contributed by atoms with Crippen LogP contribution in [0.25, 0.3) is 0 Å². The minimum absolute atomic E-state index is 0.0180. The van der Waals surface area contributed by atoms with Gasteiger partial charge in [0, 0.05) is 12.6 Å². The topological polar surface area (TPSA) is 61.4 Å². The molecular weight excluding hydrogens is 223 g/mol. The smallest absolute Gasteiger partial charge is 0.255 e. The first kappa shape index (κ1) is 11.9. The van der Waals surface area contributed by atoms with Crippen molar-refractivity contribution < 1.29 is 14.3 Å². The molecule has 0 spiro atoms. The molecule has 3 N–H and O–H groups in total. The number of aromatic hydroxyl groups is 1. The van der Waals surface area contributed by atoms with E-state index < -0.39 is 11.7 Å². The van der Waals surface area contributed by atoms with Crippen molar-refractivity contribution in [3.8, 4) is 5.75 Å². The molecule has 17 heavy (non-hydrogen) atoms. The van der Waals surface area contributed by atoms with Crippen molar-refractivity contribution in [2.45, 2.75) is 18.9 Å². The monoisotopic (exact) mass is 238 g/mol. The summed E-state index contributed by atoms with van der Waals surface area (Å²) in [5, 5.41) is 15.4. The van der Waals surface area contributed by atoms with Crippen LogP contribution in [0.2, 0.25) is 0 Å². The average molecular weight is 238 g/mol. The Morgan fingerprint density at radius 2 is 2.35 bits per heavy atom. The van der Waals surface area contributed by atoms with E-state index in [2.05, 4.69) is 10.6 Å². The number of hydrogen-bond acceptors (Lipinski definition) is 3. The molecular formula is C12H15FN2O2. The van der Waals surface area contributed by atoms with Gasteiger partial charge in [-0.2, -0.15) is 0 Å². The lowest BCUT2D eigenvalue weighted by atomic mass is 10.1.